The van der Waals surface area contributed by atoms with Gasteiger partial charge in [0.2, 0.25) is 0 Å². The SMILES string of the molecule is FC(F)(F)c1ccc(-c2cc(Br)cc(-c3ccc(C(F)(F)F)cc3)c2)cc1. The molecule has 0 aliphatic carbocycles. The number of halogens is 7. The molecule has 3 rings (SSSR count). The van der Waals surface area contributed by atoms with Crippen LogP contribution >= 0.6 is 15.9 Å². The summed E-state index contributed by atoms with van der Waals surface area (Å²) >= 11 is 3.34. The summed E-state index contributed by atoms with van der Waals surface area (Å²) in [7, 11) is 0. The molecule has 27 heavy (non-hydrogen) atoms. The van der Waals surface area contributed by atoms with Crippen molar-refractivity contribution in [1.82, 2.24) is 0 Å². The molecule has 0 aromatic heterocycles. The van der Waals surface area contributed by atoms with E-state index in [2.05, 4.69) is 15.9 Å². The van der Waals surface area contributed by atoms with E-state index in [1.807, 2.05) is 0 Å². The van der Waals surface area contributed by atoms with E-state index in [0.717, 1.165) is 24.3 Å². The second-order valence-corrected chi connectivity index (χ2v) is 6.79. The van der Waals surface area contributed by atoms with Crippen molar-refractivity contribution in [3.8, 4) is 22.3 Å². The van der Waals surface area contributed by atoms with Crippen molar-refractivity contribution >= 4 is 15.9 Å². The van der Waals surface area contributed by atoms with Gasteiger partial charge in [0.25, 0.3) is 0 Å². The van der Waals surface area contributed by atoms with E-state index in [4.69, 9.17) is 0 Å². The van der Waals surface area contributed by atoms with Crippen LogP contribution in [0.1, 0.15) is 11.1 Å². The normalized spacial score (nSPS) is 12.3. The van der Waals surface area contributed by atoms with Gasteiger partial charge in [-0.1, -0.05) is 40.2 Å². The van der Waals surface area contributed by atoms with Gasteiger partial charge in [0, 0.05) is 4.47 Å². The van der Waals surface area contributed by atoms with Crippen molar-refractivity contribution in [2.45, 2.75) is 12.4 Å². The van der Waals surface area contributed by atoms with E-state index >= 15 is 0 Å². The smallest absolute Gasteiger partial charge is 0.166 e. The highest BCUT2D eigenvalue weighted by molar-refractivity contribution is 9.10. The van der Waals surface area contributed by atoms with Crippen LogP contribution in [0.15, 0.2) is 71.2 Å². The Morgan fingerprint density at radius 3 is 1.11 bits per heavy atom. The van der Waals surface area contributed by atoms with Crippen LogP contribution in [0.3, 0.4) is 0 Å². The molecule has 0 fully saturated rings. The van der Waals surface area contributed by atoms with Crippen LogP contribution in [-0.2, 0) is 12.4 Å². The lowest BCUT2D eigenvalue weighted by Crippen LogP contribution is -2.04. The predicted molar refractivity (Wildman–Crippen MR) is 95.0 cm³/mol. The summed E-state index contributed by atoms with van der Waals surface area (Å²) in [6.45, 7) is 0. The third-order valence-electron chi connectivity index (χ3n) is 3.99. The van der Waals surface area contributed by atoms with E-state index in [9.17, 15) is 26.3 Å². The summed E-state index contributed by atoms with van der Waals surface area (Å²) in [5, 5.41) is 0. The molecule has 0 N–H and O–H groups in total. The number of hydrogen-bond acceptors (Lipinski definition) is 0. The first-order valence-corrected chi connectivity index (χ1v) is 8.49. The molecule has 0 aliphatic rings. The highest BCUT2D eigenvalue weighted by Crippen LogP contribution is 2.35. The largest absolute Gasteiger partial charge is 0.416 e. The zero-order valence-electron chi connectivity index (χ0n) is 13.5. The van der Waals surface area contributed by atoms with Crippen molar-refractivity contribution in [3.63, 3.8) is 0 Å². The first kappa shape index (κ1) is 19.5. The lowest BCUT2D eigenvalue weighted by molar-refractivity contribution is -0.138. The molecule has 0 spiro atoms. The first-order chi connectivity index (χ1) is 12.5. The van der Waals surface area contributed by atoms with Gasteiger partial charge in [-0.05, 0) is 64.7 Å². The summed E-state index contributed by atoms with van der Waals surface area (Å²) < 4.78 is 76.9. The Labute approximate surface area is 159 Å². The molecule has 0 heterocycles. The summed E-state index contributed by atoms with van der Waals surface area (Å²) in [6.07, 6.45) is -8.83. The van der Waals surface area contributed by atoms with Gasteiger partial charge in [-0.3, -0.25) is 0 Å². The molecule has 0 saturated carbocycles. The van der Waals surface area contributed by atoms with Crippen molar-refractivity contribution in [2.75, 3.05) is 0 Å². The maximum absolute atomic E-state index is 12.7. The molecule has 0 nitrogen and oxygen atoms in total. The number of alkyl halides is 6. The van der Waals surface area contributed by atoms with Gasteiger partial charge in [0.1, 0.15) is 0 Å². The minimum absolute atomic E-state index is 0.567. The van der Waals surface area contributed by atoms with Gasteiger partial charge in [0.05, 0.1) is 11.1 Å². The molecule has 0 atom stereocenters. The van der Waals surface area contributed by atoms with Gasteiger partial charge in [-0.15, -0.1) is 0 Å². The van der Waals surface area contributed by atoms with Gasteiger partial charge in [0.15, 0.2) is 0 Å². The molecule has 0 radical (unpaired) electrons. The Morgan fingerprint density at radius 2 is 0.815 bits per heavy atom. The van der Waals surface area contributed by atoms with Crippen LogP contribution in [0.5, 0.6) is 0 Å². The van der Waals surface area contributed by atoms with Crippen LogP contribution in [0.25, 0.3) is 22.3 Å². The fraction of sp³-hybridized carbons (Fsp3) is 0.100. The maximum atomic E-state index is 12.7. The van der Waals surface area contributed by atoms with E-state index in [0.29, 0.717) is 26.7 Å². The van der Waals surface area contributed by atoms with Gasteiger partial charge in [-0.2, -0.15) is 26.3 Å². The topological polar surface area (TPSA) is 0 Å². The van der Waals surface area contributed by atoms with Crippen LogP contribution < -0.4 is 0 Å². The van der Waals surface area contributed by atoms with Crippen LogP contribution in [0.2, 0.25) is 0 Å². The van der Waals surface area contributed by atoms with Crippen LogP contribution in [-0.4, -0.2) is 0 Å². The van der Waals surface area contributed by atoms with Gasteiger partial charge in [-0.25, -0.2) is 0 Å². The Hall–Kier alpha value is -2.28. The molecular formula is C20H11BrF6. The number of rotatable bonds is 2. The lowest BCUT2D eigenvalue weighted by Gasteiger charge is -2.11. The molecule has 140 valence electrons. The van der Waals surface area contributed by atoms with Crippen LogP contribution in [0.4, 0.5) is 26.3 Å². The Morgan fingerprint density at radius 1 is 0.481 bits per heavy atom. The monoisotopic (exact) mass is 444 g/mol. The Bertz CT molecular complexity index is 862. The van der Waals surface area contributed by atoms with Crippen molar-refractivity contribution in [1.29, 1.82) is 0 Å². The summed E-state index contributed by atoms with van der Waals surface area (Å²) in [5.41, 5.74) is 0.935. The number of benzene rings is 3. The van der Waals surface area contributed by atoms with E-state index in [1.165, 1.54) is 24.3 Å². The molecule has 0 unspecified atom stereocenters. The second kappa shape index (κ2) is 7.03. The minimum atomic E-state index is -4.42. The third-order valence-corrected chi connectivity index (χ3v) is 4.45. The summed E-state index contributed by atoms with van der Waals surface area (Å²) in [4.78, 5) is 0. The molecule has 0 amide bonds. The molecule has 7 heteroatoms. The van der Waals surface area contributed by atoms with Crippen molar-refractivity contribution in [3.05, 3.63) is 82.3 Å². The van der Waals surface area contributed by atoms with Gasteiger partial charge < -0.3 is 0 Å². The predicted octanol–water partition coefficient (Wildman–Crippen LogP) is 7.82. The average molecular weight is 445 g/mol. The average Bonchev–Trinajstić information content (AvgIpc) is 2.60. The number of hydrogen-bond donors (Lipinski definition) is 0. The van der Waals surface area contributed by atoms with E-state index in [-0.39, 0.29) is 0 Å². The zero-order valence-corrected chi connectivity index (χ0v) is 15.1. The maximum Gasteiger partial charge on any atom is 0.416 e. The molecule has 3 aromatic carbocycles. The second-order valence-electron chi connectivity index (χ2n) is 5.88. The highest BCUT2D eigenvalue weighted by atomic mass is 79.9. The van der Waals surface area contributed by atoms with E-state index in [1.54, 1.807) is 18.2 Å². The van der Waals surface area contributed by atoms with E-state index < -0.39 is 23.5 Å². The fourth-order valence-electron chi connectivity index (χ4n) is 2.63. The molecular weight excluding hydrogens is 434 g/mol. The third kappa shape index (κ3) is 4.53. The lowest BCUT2D eigenvalue weighted by atomic mass is 9.98. The molecule has 0 saturated heterocycles. The Kier molecular flexibility index (Phi) is 5.08. The zero-order chi connectivity index (χ0) is 19.8. The van der Waals surface area contributed by atoms with Gasteiger partial charge >= 0.3 is 12.4 Å². The first-order valence-electron chi connectivity index (χ1n) is 7.70. The quantitative estimate of drug-likeness (QED) is 0.353. The summed E-state index contributed by atoms with van der Waals surface area (Å²) in [6, 6.07) is 14.6. The molecule has 3 aromatic rings. The van der Waals surface area contributed by atoms with Crippen molar-refractivity contribution < 1.29 is 26.3 Å². The van der Waals surface area contributed by atoms with Crippen LogP contribution in [0, 0.1) is 0 Å². The minimum Gasteiger partial charge on any atom is -0.166 e. The highest BCUT2D eigenvalue weighted by Gasteiger charge is 2.30. The molecule has 0 bridgehead atoms. The summed E-state index contributed by atoms with van der Waals surface area (Å²) in [5.74, 6) is 0. The van der Waals surface area contributed by atoms with Crippen molar-refractivity contribution in [2.24, 2.45) is 0 Å². The fourth-order valence-corrected chi connectivity index (χ4v) is 3.12. The molecule has 0 aliphatic heterocycles. The Balaban J connectivity index is 1.97. The standard InChI is InChI=1S/C20H11BrF6/c21-18-10-14(12-1-5-16(6-2-12)19(22,23)24)9-15(11-18)13-3-7-17(8-4-13)20(25,26)27/h1-11H.